The van der Waals surface area contributed by atoms with Gasteiger partial charge in [0.25, 0.3) is 0 Å². The second-order valence-electron chi connectivity index (χ2n) is 9.79. The Balaban J connectivity index is 2.96. The highest BCUT2D eigenvalue weighted by molar-refractivity contribution is 6.82. The van der Waals surface area contributed by atoms with Gasteiger partial charge < -0.3 is 14.2 Å². The molecule has 0 fully saturated rings. The van der Waals surface area contributed by atoms with Gasteiger partial charge in [0, 0.05) is 23.6 Å². The van der Waals surface area contributed by atoms with Crippen LogP contribution in [0, 0.1) is 0 Å². The van der Waals surface area contributed by atoms with Crippen molar-refractivity contribution in [2.45, 2.75) is 84.7 Å². The molecule has 1 unspecified atom stereocenters. The number of allylic oxidation sites excluding steroid dienone is 1. The molecule has 0 aliphatic rings. The van der Waals surface area contributed by atoms with E-state index in [2.05, 4.69) is 89.2 Å². The van der Waals surface area contributed by atoms with Gasteiger partial charge in [-0.3, -0.25) is 0 Å². The molecule has 2 rings (SSSR count). The van der Waals surface area contributed by atoms with Crippen molar-refractivity contribution in [1.82, 2.24) is 9.13 Å². The number of benzene rings is 1. The lowest BCUT2D eigenvalue weighted by atomic mass is 9.97. The number of hydrogen-bond acceptors (Lipinski definition) is 2. The molecule has 0 aliphatic heterocycles. The van der Waals surface area contributed by atoms with Gasteiger partial charge in [0.15, 0.2) is 8.24 Å². The van der Waals surface area contributed by atoms with Crippen LogP contribution in [0.15, 0.2) is 36.0 Å². The number of rotatable bonds is 8. The number of nitrogens with zero attached hydrogens (tertiary/aromatic N) is 2. The number of aliphatic hydroxyl groups excluding tert-OH is 1. The Morgan fingerprint density at radius 3 is 2.07 bits per heavy atom. The molecule has 29 heavy (non-hydrogen) atoms. The summed E-state index contributed by atoms with van der Waals surface area (Å²) in [5.74, 6) is 0. The maximum absolute atomic E-state index is 11.1. The molecule has 2 aromatic rings. The van der Waals surface area contributed by atoms with Crippen molar-refractivity contribution in [3.05, 3.63) is 47.2 Å². The maximum atomic E-state index is 11.1. The van der Waals surface area contributed by atoms with E-state index in [1.54, 1.807) is 0 Å². The number of aliphatic hydroxyl groups is 1. The Morgan fingerprint density at radius 1 is 1.07 bits per heavy atom. The van der Waals surface area contributed by atoms with Crippen molar-refractivity contribution < 1.29 is 5.11 Å². The van der Waals surface area contributed by atoms with Crippen LogP contribution in [0.5, 0.6) is 0 Å². The fourth-order valence-electron chi connectivity index (χ4n) is 5.64. The van der Waals surface area contributed by atoms with Crippen molar-refractivity contribution in [2.24, 2.45) is 0 Å². The lowest BCUT2D eigenvalue weighted by Gasteiger charge is -2.44. The van der Waals surface area contributed by atoms with E-state index in [0.29, 0.717) is 16.6 Å². The molecule has 0 bridgehead atoms. The summed E-state index contributed by atoms with van der Waals surface area (Å²) in [7, 11) is 2.36. The van der Waals surface area contributed by atoms with E-state index in [4.69, 9.17) is 0 Å². The molecule has 1 aromatic heterocycles. The fraction of sp³-hybridized carbons (Fsp3) is 0.600. The molecule has 1 N–H and O–H groups in total. The van der Waals surface area contributed by atoms with E-state index in [-0.39, 0.29) is 0 Å². The lowest BCUT2D eigenvalue weighted by Crippen LogP contribution is -2.51. The highest BCUT2D eigenvalue weighted by Crippen LogP contribution is 2.46. The van der Waals surface area contributed by atoms with Crippen LogP contribution in [0.25, 0.3) is 10.9 Å². The fourth-order valence-corrected chi connectivity index (χ4v) is 12.3. The van der Waals surface area contributed by atoms with Crippen molar-refractivity contribution >= 4 is 19.1 Å². The number of aromatic nitrogens is 1. The van der Waals surface area contributed by atoms with E-state index in [1.165, 1.54) is 16.5 Å². The standard InChI is InChI=1S/C25H42N2OSi/c1-11-20(8)25(28)22-13-12-14-23-24(22)21(15-26(9)10)16-27(23)29(17(2)3,18(4)5)19(6)7/h11-14,16-19,25,28H,15H2,1-10H3/b20-11+. The van der Waals surface area contributed by atoms with E-state index >= 15 is 0 Å². The van der Waals surface area contributed by atoms with Crippen LogP contribution in [0.2, 0.25) is 16.6 Å². The van der Waals surface area contributed by atoms with E-state index in [9.17, 15) is 5.11 Å². The third-order valence-electron chi connectivity index (χ3n) is 6.80. The van der Waals surface area contributed by atoms with Crippen LogP contribution >= 0.6 is 0 Å². The third-order valence-corrected chi connectivity index (χ3v) is 13.6. The van der Waals surface area contributed by atoms with E-state index in [0.717, 1.165) is 17.7 Å². The molecule has 1 aromatic carbocycles. The maximum Gasteiger partial charge on any atom is 0.169 e. The first-order valence-corrected chi connectivity index (χ1v) is 13.3. The van der Waals surface area contributed by atoms with Crippen LogP contribution in [-0.4, -0.2) is 36.6 Å². The summed E-state index contributed by atoms with van der Waals surface area (Å²) in [5, 5.41) is 12.3. The minimum Gasteiger partial charge on any atom is -0.384 e. The highest BCUT2D eigenvalue weighted by atomic mass is 28.3. The lowest BCUT2D eigenvalue weighted by molar-refractivity contribution is 0.217. The zero-order valence-electron chi connectivity index (χ0n) is 20.2. The first-order valence-electron chi connectivity index (χ1n) is 11.1. The zero-order chi connectivity index (χ0) is 22.1. The molecule has 1 heterocycles. The van der Waals surface area contributed by atoms with Gasteiger partial charge in [-0.15, -0.1) is 0 Å². The molecule has 0 spiro atoms. The first-order chi connectivity index (χ1) is 13.5. The highest BCUT2D eigenvalue weighted by Gasteiger charge is 2.46. The Bertz CT molecular complexity index is 839. The van der Waals surface area contributed by atoms with E-state index in [1.807, 2.05) is 19.9 Å². The zero-order valence-corrected chi connectivity index (χ0v) is 21.2. The predicted octanol–water partition coefficient (Wildman–Crippen LogP) is 6.73. The van der Waals surface area contributed by atoms with Crippen LogP contribution < -0.4 is 0 Å². The van der Waals surface area contributed by atoms with Gasteiger partial charge in [-0.25, -0.2) is 0 Å². The van der Waals surface area contributed by atoms with Gasteiger partial charge in [-0.1, -0.05) is 59.8 Å². The Labute approximate surface area is 179 Å². The molecule has 0 saturated carbocycles. The monoisotopic (exact) mass is 414 g/mol. The summed E-state index contributed by atoms with van der Waals surface area (Å²) >= 11 is 0. The molecule has 0 radical (unpaired) electrons. The van der Waals surface area contributed by atoms with Crippen LogP contribution in [-0.2, 0) is 6.54 Å². The van der Waals surface area contributed by atoms with Gasteiger partial charge >= 0.3 is 0 Å². The number of hydrogen-bond donors (Lipinski definition) is 1. The molecule has 4 heteroatoms. The van der Waals surface area contributed by atoms with Gasteiger partial charge in [0.2, 0.25) is 0 Å². The molecule has 0 aliphatic carbocycles. The van der Waals surface area contributed by atoms with E-state index < -0.39 is 14.3 Å². The van der Waals surface area contributed by atoms with Crippen LogP contribution in [0.1, 0.15) is 72.6 Å². The predicted molar refractivity (Wildman–Crippen MR) is 130 cm³/mol. The molecular formula is C25H42N2OSi. The second kappa shape index (κ2) is 9.19. The Hall–Kier alpha value is -1.36. The van der Waals surface area contributed by atoms with Crippen LogP contribution in [0.4, 0.5) is 0 Å². The molecule has 3 nitrogen and oxygen atoms in total. The summed E-state index contributed by atoms with van der Waals surface area (Å²) in [6, 6.07) is 6.50. The largest absolute Gasteiger partial charge is 0.384 e. The van der Waals surface area contributed by atoms with Gasteiger partial charge in [-0.2, -0.15) is 0 Å². The topological polar surface area (TPSA) is 28.4 Å². The minimum absolute atomic E-state index is 0.561. The van der Waals surface area contributed by atoms with Gasteiger partial charge in [0.1, 0.15) is 6.10 Å². The Morgan fingerprint density at radius 2 is 1.62 bits per heavy atom. The summed E-state index contributed by atoms with van der Waals surface area (Å²) in [6.07, 6.45) is 3.88. The average Bonchev–Trinajstić information content (AvgIpc) is 2.98. The normalized spacial score (nSPS) is 14.8. The number of fused-ring (bicyclic) bond motifs is 1. The van der Waals surface area contributed by atoms with Gasteiger partial charge in [-0.05, 0) is 67.3 Å². The van der Waals surface area contributed by atoms with Crippen molar-refractivity contribution in [2.75, 3.05) is 14.1 Å². The molecule has 1 atom stereocenters. The van der Waals surface area contributed by atoms with Crippen molar-refractivity contribution in [3.8, 4) is 0 Å². The Kier molecular flexibility index (Phi) is 7.58. The summed E-state index contributed by atoms with van der Waals surface area (Å²) in [6.45, 7) is 19.3. The van der Waals surface area contributed by atoms with Crippen LogP contribution in [0.3, 0.4) is 0 Å². The van der Waals surface area contributed by atoms with Crippen molar-refractivity contribution in [1.29, 1.82) is 0 Å². The average molecular weight is 415 g/mol. The quantitative estimate of drug-likeness (QED) is 0.383. The molecule has 0 saturated heterocycles. The third kappa shape index (κ3) is 4.12. The molecule has 162 valence electrons. The second-order valence-corrected chi connectivity index (χ2v) is 15.5. The summed E-state index contributed by atoms with van der Waals surface area (Å²) < 4.78 is 2.68. The molecule has 0 amide bonds. The summed E-state index contributed by atoms with van der Waals surface area (Å²) in [5.41, 5.74) is 6.52. The smallest absolute Gasteiger partial charge is 0.169 e. The first kappa shape index (κ1) is 23.9. The summed E-state index contributed by atoms with van der Waals surface area (Å²) in [4.78, 5) is 2.23. The molecular weight excluding hydrogens is 372 g/mol. The SMILES string of the molecule is C/C=C(\C)C(O)c1cccc2c1c(CN(C)C)cn2[Si](C(C)C)(C(C)C)C(C)C. The van der Waals surface area contributed by atoms with Crippen molar-refractivity contribution in [3.63, 3.8) is 0 Å². The van der Waals surface area contributed by atoms with Gasteiger partial charge in [0.05, 0.1) is 0 Å². The minimum atomic E-state index is -1.89.